The van der Waals surface area contributed by atoms with Crippen LogP contribution in [0.25, 0.3) is 0 Å². The minimum atomic E-state index is -0.104. The van der Waals surface area contributed by atoms with Crippen molar-refractivity contribution in [2.75, 3.05) is 5.32 Å². The number of carbonyl (C=O) groups is 1. The molecule has 1 amide bonds. The van der Waals surface area contributed by atoms with Crippen LogP contribution in [0.5, 0.6) is 0 Å². The molecule has 0 heterocycles. The molecule has 0 aliphatic rings. The van der Waals surface area contributed by atoms with E-state index in [1.807, 2.05) is 12.1 Å². The van der Waals surface area contributed by atoms with Gasteiger partial charge in [0.25, 0.3) is 0 Å². The maximum atomic E-state index is 12.4. The number of unbranched alkanes of at least 4 members (excludes halogenated alkanes) is 6. The van der Waals surface area contributed by atoms with E-state index in [9.17, 15) is 4.79 Å². The van der Waals surface area contributed by atoms with Crippen molar-refractivity contribution >= 4 is 23.2 Å². The van der Waals surface area contributed by atoms with Crippen molar-refractivity contribution in [2.24, 2.45) is 0 Å². The summed E-state index contributed by atoms with van der Waals surface area (Å²) in [5.74, 6) is -0.104. The number of rotatable bonds is 13. The summed E-state index contributed by atoms with van der Waals surface area (Å²) in [4.78, 5) is 12.4. The molecule has 0 atom stereocenters. The molecule has 0 bridgehead atoms. The van der Waals surface area contributed by atoms with Crippen LogP contribution in [0.1, 0.15) is 78.1 Å². The van der Waals surface area contributed by atoms with Gasteiger partial charge in [-0.05, 0) is 49.5 Å². The fourth-order valence-electron chi connectivity index (χ4n) is 2.92. The number of hydrogen-bond acceptors (Lipinski definition) is 1. The van der Waals surface area contributed by atoms with Crippen LogP contribution in [-0.2, 0) is 4.79 Å². The molecule has 1 rings (SSSR count). The van der Waals surface area contributed by atoms with Gasteiger partial charge in [0.2, 0.25) is 5.91 Å². The standard InChI is InChI=1S/C23H34ClNO/c1-4-6-8-10-13-19(3)20(14-11-9-7-5-2)17-23(26)25-22-16-12-15-21(24)18-22/h12,15-18H,3-11,13-14H2,1-2H3,(H,25,26)/b20-17-. The molecule has 0 aliphatic heterocycles. The third-order valence-electron chi connectivity index (χ3n) is 4.48. The Hall–Kier alpha value is -1.54. The van der Waals surface area contributed by atoms with Crippen LogP contribution in [0.15, 0.2) is 48.1 Å². The van der Waals surface area contributed by atoms with Gasteiger partial charge in [-0.3, -0.25) is 4.79 Å². The van der Waals surface area contributed by atoms with Gasteiger partial charge in [-0.15, -0.1) is 0 Å². The number of halogens is 1. The Morgan fingerprint density at radius 3 is 2.31 bits per heavy atom. The van der Waals surface area contributed by atoms with Gasteiger partial charge < -0.3 is 5.32 Å². The molecule has 0 unspecified atom stereocenters. The summed E-state index contributed by atoms with van der Waals surface area (Å²) >= 11 is 5.98. The molecule has 26 heavy (non-hydrogen) atoms. The van der Waals surface area contributed by atoms with Crippen LogP contribution >= 0.6 is 11.6 Å². The Morgan fingerprint density at radius 2 is 1.69 bits per heavy atom. The molecule has 0 aromatic heterocycles. The van der Waals surface area contributed by atoms with E-state index >= 15 is 0 Å². The largest absolute Gasteiger partial charge is 0.322 e. The fourth-order valence-corrected chi connectivity index (χ4v) is 3.11. The molecule has 1 aromatic rings. The Kier molecular flexibility index (Phi) is 11.8. The number of amides is 1. The van der Waals surface area contributed by atoms with E-state index < -0.39 is 0 Å². The monoisotopic (exact) mass is 375 g/mol. The lowest BCUT2D eigenvalue weighted by Crippen LogP contribution is -2.09. The minimum absolute atomic E-state index is 0.104. The first-order chi connectivity index (χ1) is 12.6. The van der Waals surface area contributed by atoms with Crippen molar-refractivity contribution in [3.63, 3.8) is 0 Å². The zero-order chi connectivity index (χ0) is 19.2. The number of allylic oxidation sites excluding steroid dienone is 2. The number of carbonyl (C=O) groups excluding carboxylic acids is 1. The Balaban J connectivity index is 2.69. The second-order valence-electron chi connectivity index (χ2n) is 6.89. The fraction of sp³-hybridized carbons (Fsp3) is 0.522. The molecule has 0 fully saturated rings. The SMILES string of the molecule is C=C(CCCCCC)/C(=C\C(=O)Nc1cccc(Cl)c1)CCCCCC. The summed E-state index contributed by atoms with van der Waals surface area (Å²) in [5, 5.41) is 3.52. The highest BCUT2D eigenvalue weighted by atomic mass is 35.5. The van der Waals surface area contributed by atoms with E-state index in [0.717, 1.165) is 42.5 Å². The van der Waals surface area contributed by atoms with Crippen molar-refractivity contribution in [2.45, 2.75) is 78.1 Å². The maximum Gasteiger partial charge on any atom is 0.248 e. The first-order valence-corrected chi connectivity index (χ1v) is 10.4. The summed E-state index contributed by atoms with van der Waals surface area (Å²) in [6.45, 7) is 8.68. The zero-order valence-electron chi connectivity index (χ0n) is 16.5. The summed E-state index contributed by atoms with van der Waals surface area (Å²) in [6, 6.07) is 7.23. The highest BCUT2D eigenvalue weighted by Crippen LogP contribution is 2.23. The van der Waals surface area contributed by atoms with E-state index in [-0.39, 0.29) is 5.91 Å². The Bertz CT molecular complexity index is 592. The number of anilines is 1. The molecule has 0 aliphatic carbocycles. The minimum Gasteiger partial charge on any atom is -0.322 e. The van der Waals surface area contributed by atoms with E-state index in [4.69, 9.17) is 11.6 Å². The van der Waals surface area contributed by atoms with Crippen LogP contribution in [-0.4, -0.2) is 5.91 Å². The second kappa shape index (κ2) is 13.6. The highest BCUT2D eigenvalue weighted by Gasteiger charge is 2.07. The summed E-state index contributed by atoms with van der Waals surface area (Å²) < 4.78 is 0. The molecular weight excluding hydrogens is 342 g/mol. The smallest absolute Gasteiger partial charge is 0.248 e. The number of benzene rings is 1. The average Bonchev–Trinajstić information content (AvgIpc) is 2.61. The third-order valence-corrected chi connectivity index (χ3v) is 4.72. The normalized spacial score (nSPS) is 11.4. The molecule has 3 heteroatoms. The first kappa shape index (κ1) is 22.5. The predicted octanol–water partition coefficient (Wildman–Crippen LogP) is 7.70. The molecule has 0 saturated carbocycles. The third kappa shape index (κ3) is 9.82. The molecule has 144 valence electrons. The lowest BCUT2D eigenvalue weighted by Gasteiger charge is -2.12. The molecule has 2 nitrogen and oxygen atoms in total. The van der Waals surface area contributed by atoms with Crippen LogP contribution < -0.4 is 5.32 Å². The predicted molar refractivity (Wildman–Crippen MR) is 115 cm³/mol. The molecule has 0 spiro atoms. The molecule has 0 saturated heterocycles. The Morgan fingerprint density at radius 1 is 1.04 bits per heavy atom. The summed E-state index contributed by atoms with van der Waals surface area (Å²) in [7, 11) is 0. The zero-order valence-corrected chi connectivity index (χ0v) is 17.2. The van der Waals surface area contributed by atoms with Crippen molar-refractivity contribution in [1.29, 1.82) is 0 Å². The second-order valence-corrected chi connectivity index (χ2v) is 7.33. The maximum absolute atomic E-state index is 12.4. The number of hydrogen-bond donors (Lipinski definition) is 1. The van der Waals surface area contributed by atoms with Crippen molar-refractivity contribution < 1.29 is 4.79 Å². The van der Waals surface area contributed by atoms with Gasteiger partial charge >= 0.3 is 0 Å². The average molecular weight is 376 g/mol. The van der Waals surface area contributed by atoms with Crippen LogP contribution in [0, 0.1) is 0 Å². The highest BCUT2D eigenvalue weighted by molar-refractivity contribution is 6.30. The van der Waals surface area contributed by atoms with Crippen molar-refractivity contribution in [3.8, 4) is 0 Å². The Labute approximate surface area is 164 Å². The van der Waals surface area contributed by atoms with Gasteiger partial charge in [0.1, 0.15) is 0 Å². The van der Waals surface area contributed by atoms with Gasteiger partial charge in [-0.1, -0.05) is 82.2 Å². The number of nitrogens with one attached hydrogen (secondary N) is 1. The summed E-state index contributed by atoms with van der Waals surface area (Å²) in [6.07, 6.45) is 13.3. The van der Waals surface area contributed by atoms with Crippen LogP contribution in [0.2, 0.25) is 5.02 Å². The van der Waals surface area contributed by atoms with Gasteiger partial charge in [-0.25, -0.2) is 0 Å². The quantitative estimate of drug-likeness (QED) is 0.213. The van der Waals surface area contributed by atoms with Gasteiger partial charge in [0.05, 0.1) is 0 Å². The summed E-state index contributed by atoms with van der Waals surface area (Å²) in [5.41, 5.74) is 2.92. The van der Waals surface area contributed by atoms with E-state index in [0.29, 0.717) is 5.02 Å². The van der Waals surface area contributed by atoms with Gasteiger partial charge in [0.15, 0.2) is 0 Å². The lowest BCUT2D eigenvalue weighted by molar-refractivity contribution is -0.112. The lowest BCUT2D eigenvalue weighted by atomic mass is 9.95. The van der Waals surface area contributed by atoms with Gasteiger partial charge in [0, 0.05) is 16.8 Å². The van der Waals surface area contributed by atoms with E-state index in [2.05, 4.69) is 25.7 Å². The van der Waals surface area contributed by atoms with Gasteiger partial charge in [-0.2, -0.15) is 0 Å². The molecular formula is C23H34ClNO. The topological polar surface area (TPSA) is 29.1 Å². The van der Waals surface area contributed by atoms with E-state index in [1.54, 1.807) is 18.2 Å². The molecule has 1 aromatic carbocycles. The van der Waals surface area contributed by atoms with Crippen molar-refractivity contribution in [1.82, 2.24) is 0 Å². The first-order valence-electron chi connectivity index (χ1n) is 10.0. The molecule has 1 N–H and O–H groups in total. The van der Waals surface area contributed by atoms with Crippen molar-refractivity contribution in [3.05, 3.63) is 53.1 Å². The van der Waals surface area contributed by atoms with Crippen LogP contribution in [0.3, 0.4) is 0 Å². The van der Waals surface area contributed by atoms with Crippen LogP contribution in [0.4, 0.5) is 5.69 Å². The van der Waals surface area contributed by atoms with E-state index in [1.165, 1.54) is 38.5 Å². The molecule has 0 radical (unpaired) electrons.